The largest absolute Gasteiger partial charge is 0.459 e. The molecule has 0 spiro atoms. The summed E-state index contributed by atoms with van der Waals surface area (Å²) < 4.78 is 5.15. The first kappa shape index (κ1) is 18.5. The van der Waals surface area contributed by atoms with Gasteiger partial charge in [0.15, 0.2) is 5.76 Å². The highest BCUT2D eigenvalue weighted by Gasteiger charge is 2.51. The van der Waals surface area contributed by atoms with Gasteiger partial charge in [0.1, 0.15) is 0 Å². The van der Waals surface area contributed by atoms with E-state index in [1.165, 1.54) is 6.26 Å². The molecule has 2 atom stereocenters. The minimum atomic E-state index is -0.246. The highest BCUT2D eigenvalue weighted by atomic mass is 16.3. The second-order valence-corrected chi connectivity index (χ2v) is 7.51. The van der Waals surface area contributed by atoms with Crippen molar-refractivity contribution in [1.29, 1.82) is 0 Å². The molecule has 9 heteroatoms. The fraction of sp³-hybridized carbons (Fsp3) is 0.579. The lowest BCUT2D eigenvalue weighted by atomic mass is 10.2. The normalized spacial score (nSPS) is 24.9. The van der Waals surface area contributed by atoms with Crippen molar-refractivity contribution < 1.29 is 23.6 Å². The Morgan fingerprint density at radius 1 is 0.857 bits per heavy atom. The van der Waals surface area contributed by atoms with Gasteiger partial charge in [-0.2, -0.15) is 0 Å². The molecule has 4 rings (SSSR count). The van der Waals surface area contributed by atoms with E-state index in [9.17, 15) is 19.2 Å². The number of hydrogen-bond donors (Lipinski definition) is 0. The van der Waals surface area contributed by atoms with Gasteiger partial charge < -0.3 is 24.0 Å². The van der Waals surface area contributed by atoms with E-state index in [0.717, 1.165) is 6.41 Å². The van der Waals surface area contributed by atoms with Crippen LogP contribution in [-0.4, -0.2) is 96.1 Å². The molecule has 2 unspecified atom stereocenters. The Balaban J connectivity index is 1.25. The Bertz CT molecular complexity index is 748. The van der Waals surface area contributed by atoms with E-state index in [1.807, 2.05) is 0 Å². The molecule has 2 saturated heterocycles. The molecule has 3 fully saturated rings. The van der Waals surface area contributed by atoms with E-state index in [-0.39, 0.29) is 29.6 Å². The average Bonchev–Trinajstić information content (AvgIpc) is 3.36. The summed E-state index contributed by atoms with van der Waals surface area (Å²) >= 11 is 0. The summed E-state index contributed by atoms with van der Waals surface area (Å²) in [5, 5.41) is 0. The molecule has 1 aromatic heterocycles. The molecule has 2 aliphatic heterocycles. The molecule has 3 heterocycles. The third-order valence-electron chi connectivity index (χ3n) is 5.81. The van der Waals surface area contributed by atoms with Crippen molar-refractivity contribution in [2.24, 2.45) is 11.8 Å². The van der Waals surface area contributed by atoms with Gasteiger partial charge in [0, 0.05) is 52.4 Å². The Kier molecular flexibility index (Phi) is 5.06. The van der Waals surface area contributed by atoms with Gasteiger partial charge in [-0.05, 0) is 18.6 Å². The zero-order valence-corrected chi connectivity index (χ0v) is 15.7. The van der Waals surface area contributed by atoms with Crippen molar-refractivity contribution >= 4 is 24.1 Å². The summed E-state index contributed by atoms with van der Waals surface area (Å²) in [4.78, 5) is 55.3. The minimum absolute atomic E-state index is 0.00924. The van der Waals surface area contributed by atoms with E-state index >= 15 is 0 Å². The second kappa shape index (κ2) is 7.65. The van der Waals surface area contributed by atoms with Crippen LogP contribution in [0.1, 0.15) is 17.0 Å². The molecule has 9 nitrogen and oxygen atoms in total. The van der Waals surface area contributed by atoms with Crippen molar-refractivity contribution in [3.63, 3.8) is 0 Å². The van der Waals surface area contributed by atoms with Gasteiger partial charge >= 0.3 is 0 Å². The zero-order valence-electron chi connectivity index (χ0n) is 15.7. The lowest BCUT2D eigenvalue weighted by Gasteiger charge is -2.35. The van der Waals surface area contributed by atoms with Crippen molar-refractivity contribution in [3.8, 4) is 0 Å². The molecule has 1 aromatic rings. The van der Waals surface area contributed by atoms with E-state index in [1.54, 1.807) is 31.7 Å². The molecule has 1 saturated carbocycles. The topological polar surface area (TPSA) is 94.4 Å². The number of amides is 4. The van der Waals surface area contributed by atoms with Gasteiger partial charge in [0.25, 0.3) is 5.91 Å². The molecular formula is C19H24N4O5. The molecule has 0 radical (unpaired) electrons. The molecular weight excluding hydrogens is 364 g/mol. The van der Waals surface area contributed by atoms with Crippen LogP contribution in [0.3, 0.4) is 0 Å². The van der Waals surface area contributed by atoms with Gasteiger partial charge in [-0.25, -0.2) is 0 Å². The summed E-state index contributed by atoms with van der Waals surface area (Å²) in [5.74, 6) is -0.305. The van der Waals surface area contributed by atoms with Crippen molar-refractivity contribution in [2.45, 2.75) is 6.42 Å². The fourth-order valence-electron chi connectivity index (χ4n) is 3.94. The number of nitrogens with zero attached hydrogens (tertiary/aromatic N) is 4. The van der Waals surface area contributed by atoms with E-state index in [0.29, 0.717) is 64.5 Å². The molecule has 0 aromatic carbocycles. The number of rotatable bonds is 4. The Morgan fingerprint density at radius 3 is 1.89 bits per heavy atom. The van der Waals surface area contributed by atoms with Gasteiger partial charge in [0.2, 0.25) is 18.2 Å². The summed E-state index contributed by atoms with van der Waals surface area (Å²) in [6, 6.07) is 3.31. The van der Waals surface area contributed by atoms with Crippen LogP contribution in [0.25, 0.3) is 0 Å². The molecule has 0 bridgehead atoms. The van der Waals surface area contributed by atoms with Crippen LogP contribution >= 0.6 is 0 Å². The summed E-state index contributed by atoms with van der Waals surface area (Å²) in [5.41, 5.74) is 0. The Labute approximate surface area is 162 Å². The molecule has 28 heavy (non-hydrogen) atoms. The predicted octanol–water partition coefficient (Wildman–Crippen LogP) is -0.499. The van der Waals surface area contributed by atoms with Gasteiger partial charge in [-0.1, -0.05) is 0 Å². The van der Waals surface area contributed by atoms with Crippen LogP contribution in [-0.2, 0) is 14.4 Å². The smallest absolute Gasteiger partial charge is 0.289 e. The Hall–Kier alpha value is -2.84. The van der Waals surface area contributed by atoms with Crippen molar-refractivity contribution in [1.82, 2.24) is 19.6 Å². The quantitative estimate of drug-likeness (QED) is 0.648. The molecule has 3 aliphatic rings. The highest BCUT2D eigenvalue weighted by molar-refractivity contribution is 5.93. The van der Waals surface area contributed by atoms with Gasteiger partial charge in [0.05, 0.1) is 18.1 Å². The first-order valence-electron chi connectivity index (χ1n) is 9.68. The van der Waals surface area contributed by atoms with E-state index in [4.69, 9.17) is 4.42 Å². The lowest BCUT2D eigenvalue weighted by Crippen LogP contribution is -2.51. The first-order valence-corrected chi connectivity index (χ1v) is 9.68. The fourth-order valence-corrected chi connectivity index (χ4v) is 3.94. The molecule has 4 amide bonds. The maximum Gasteiger partial charge on any atom is 0.289 e. The van der Waals surface area contributed by atoms with E-state index in [2.05, 4.69) is 0 Å². The number of hydrogen-bond acceptors (Lipinski definition) is 5. The van der Waals surface area contributed by atoms with E-state index < -0.39 is 0 Å². The summed E-state index contributed by atoms with van der Waals surface area (Å²) in [6.45, 7) is 4.03. The third kappa shape index (κ3) is 3.61. The highest BCUT2D eigenvalue weighted by Crippen LogP contribution is 2.41. The number of carbonyl (C=O) groups is 4. The van der Waals surface area contributed by atoms with Gasteiger partial charge in [-0.15, -0.1) is 0 Å². The molecule has 1 aliphatic carbocycles. The summed E-state index contributed by atoms with van der Waals surface area (Å²) in [7, 11) is 0. The first-order chi connectivity index (χ1) is 13.6. The average molecular weight is 388 g/mol. The van der Waals surface area contributed by atoms with Crippen LogP contribution in [0.5, 0.6) is 0 Å². The zero-order chi connectivity index (χ0) is 19.7. The van der Waals surface area contributed by atoms with Crippen LogP contribution in [0.2, 0.25) is 0 Å². The predicted molar refractivity (Wildman–Crippen MR) is 97.0 cm³/mol. The number of carbonyl (C=O) groups excluding carboxylic acids is 4. The monoisotopic (exact) mass is 388 g/mol. The maximum atomic E-state index is 12.7. The van der Waals surface area contributed by atoms with Crippen LogP contribution < -0.4 is 0 Å². The number of furan rings is 1. The maximum absolute atomic E-state index is 12.7. The SMILES string of the molecule is O=CN1CCN(C(=O)C2CC2C(=O)N2CCN(C(=O)c3ccco3)CC2)CC1. The van der Waals surface area contributed by atoms with Crippen molar-refractivity contribution in [2.75, 3.05) is 52.4 Å². The van der Waals surface area contributed by atoms with Crippen LogP contribution in [0.4, 0.5) is 0 Å². The second-order valence-electron chi connectivity index (χ2n) is 7.51. The lowest BCUT2D eigenvalue weighted by molar-refractivity contribution is -0.140. The van der Waals surface area contributed by atoms with Crippen LogP contribution in [0, 0.1) is 11.8 Å². The summed E-state index contributed by atoms with van der Waals surface area (Å²) in [6.07, 6.45) is 2.87. The van der Waals surface area contributed by atoms with Crippen molar-refractivity contribution in [3.05, 3.63) is 24.2 Å². The number of piperazine rings is 2. The van der Waals surface area contributed by atoms with Gasteiger partial charge in [-0.3, -0.25) is 19.2 Å². The molecule has 150 valence electrons. The minimum Gasteiger partial charge on any atom is -0.459 e. The van der Waals surface area contributed by atoms with Crippen LogP contribution in [0.15, 0.2) is 22.8 Å². The molecule has 0 N–H and O–H groups in total. The standard InChI is InChI=1S/C19H24N4O5/c24-13-20-3-5-21(6-4-20)17(25)14-12-15(14)18(26)22-7-9-23(10-8-22)19(27)16-2-1-11-28-16/h1-2,11,13-15H,3-10,12H2. The third-order valence-corrected chi connectivity index (χ3v) is 5.81. The Morgan fingerprint density at radius 2 is 1.39 bits per heavy atom.